The molecule has 0 aromatic carbocycles. The van der Waals surface area contributed by atoms with Crippen LogP contribution in [0.25, 0.3) is 0 Å². The number of carbonyl (C=O) groups is 1. The van der Waals surface area contributed by atoms with Gasteiger partial charge in [0, 0.05) is 18.8 Å². The molecule has 0 saturated carbocycles. The Bertz CT molecular complexity index is 356. The molecule has 0 unspecified atom stereocenters. The van der Waals surface area contributed by atoms with E-state index in [2.05, 4.69) is 20.8 Å². The molecule has 1 N–H and O–H groups in total. The van der Waals surface area contributed by atoms with Gasteiger partial charge in [-0.25, -0.2) is 14.6 Å². The second-order valence-electron chi connectivity index (χ2n) is 3.55. The van der Waals surface area contributed by atoms with Crippen molar-refractivity contribution in [3.8, 4) is 0 Å². The Morgan fingerprint density at radius 1 is 1.53 bits per heavy atom. The first kappa shape index (κ1) is 13.7. The number of aromatic nitrogens is 4. The summed E-state index contributed by atoms with van der Waals surface area (Å²) in [6, 6.07) is 0. The molecule has 1 aromatic heterocycles. The number of tetrazole rings is 1. The monoisotopic (exact) mass is 259 g/mol. The minimum atomic E-state index is -1.27. The van der Waals surface area contributed by atoms with Crippen molar-refractivity contribution >= 4 is 17.9 Å². The summed E-state index contributed by atoms with van der Waals surface area (Å²) in [4.78, 5) is 12.2. The van der Waals surface area contributed by atoms with Gasteiger partial charge in [0.1, 0.15) is 0 Å². The minimum absolute atomic E-state index is 0.313. The molecule has 0 fully saturated rings. The van der Waals surface area contributed by atoms with Gasteiger partial charge in [-0.05, 0) is 24.5 Å². The second-order valence-corrected chi connectivity index (χ2v) is 4.61. The van der Waals surface area contributed by atoms with E-state index in [0.29, 0.717) is 24.0 Å². The highest BCUT2D eigenvalue weighted by Gasteiger charge is 2.07. The molecule has 17 heavy (non-hydrogen) atoms. The molecule has 0 saturated heterocycles. The summed E-state index contributed by atoms with van der Waals surface area (Å²) in [7, 11) is 3.95. The normalized spacial score (nSPS) is 10.8. The van der Waals surface area contributed by atoms with Gasteiger partial charge in [-0.1, -0.05) is 11.8 Å². The molecule has 1 amide bonds. The fraction of sp³-hybridized carbons (Fsp3) is 0.750. The van der Waals surface area contributed by atoms with E-state index in [4.69, 9.17) is 0 Å². The summed E-state index contributed by atoms with van der Waals surface area (Å²) in [6.45, 7) is 1.86. The molecule has 95 valence electrons. The van der Waals surface area contributed by atoms with Gasteiger partial charge in [0.25, 0.3) is 0 Å². The van der Waals surface area contributed by atoms with E-state index < -0.39 is 6.09 Å². The van der Waals surface area contributed by atoms with E-state index >= 15 is 0 Å². The lowest BCUT2D eigenvalue weighted by molar-refractivity contribution is 0.169. The van der Waals surface area contributed by atoms with Crippen LogP contribution in [0.2, 0.25) is 0 Å². The average molecular weight is 259 g/mol. The van der Waals surface area contributed by atoms with Crippen molar-refractivity contribution in [3.05, 3.63) is 0 Å². The van der Waals surface area contributed by atoms with Crippen molar-refractivity contribution in [3.63, 3.8) is 0 Å². The van der Waals surface area contributed by atoms with Crippen LogP contribution in [0.5, 0.6) is 0 Å². The SMILES string of the molecule is CN(C)CCn1nnnc1SCCNC([O])=O. The molecular formula is C8H15N6O2S. The van der Waals surface area contributed by atoms with Crippen LogP contribution in [0.3, 0.4) is 0 Å². The van der Waals surface area contributed by atoms with E-state index in [0.717, 1.165) is 6.54 Å². The third-order valence-electron chi connectivity index (χ3n) is 1.86. The number of thioether (sulfide) groups is 1. The lowest BCUT2D eigenvalue weighted by Crippen LogP contribution is -2.22. The van der Waals surface area contributed by atoms with Crippen LogP contribution in [0.1, 0.15) is 0 Å². The summed E-state index contributed by atoms with van der Waals surface area (Å²) >= 11 is 1.40. The zero-order valence-corrected chi connectivity index (χ0v) is 10.6. The van der Waals surface area contributed by atoms with Crippen molar-refractivity contribution in [2.45, 2.75) is 11.7 Å². The lowest BCUT2D eigenvalue weighted by atomic mass is 10.6. The van der Waals surface area contributed by atoms with Gasteiger partial charge in [-0.2, -0.15) is 0 Å². The number of rotatable bonds is 7. The van der Waals surface area contributed by atoms with E-state index in [1.807, 2.05) is 19.0 Å². The zero-order valence-electron chi connectivity index (χ0n) is 9.79. The molecule has 0 spiro atoms. The minimum Gasteiger partial charge on any atom is -0.318 e. The van der Waals surface area contributed by atoms with Gasteiger partial charge in [0.05, 0.1) is 6.54 Å². The molecule has 0 aliphatic carbocycles. The molecule has 0 aliphatic rings. The maximum absolute atomic E-state index is 10.1. The van der Waals surface area contributed by atoms with Crippen LogP contribution in [0.15, 0.2) is 5.16 Å². The Balaban J connectivity index is 2.32. The number of amides is 1. The van der Waals surface area contributed by atoms with Crippen LogP contribution in [0.4, 0.5) is 4.79 Å². The van der Waals surface area contributed by atoms with E-state index in [-0.39, 0.29) is 0 Å². The molecular weight excluding hydrogens is 244 g/mol. The quantitative estimate of drug-likeness (QED) is 0.522. The second kappa shape index (κ2) is 7.07. The van der Waals surface area contributed by atoms with Gasteiger partial charge in [0.15, 0.2) is 0 Å². The topological polar surface area (TPSA) is 95.8 Å². The van der Waals surface area contributed by atoms with Crippen LogP contribution in [0, 0.1) is 0 Å². The Labute approximate surface area is 103 Å². The average Bonchev–Trinajstić information content (AvgIpc) is 2.68. The first-order valence-corrected chi connectivity index (χ1v) is 6.06. The van der Waals surface area contributed by atoms with Crippen molar-refractivity contribution in [1.29, 1.82) is 0 Å². The predicted molar refractivity (Wildman–Crippen MR) is 61.2 cm³/mol. The summed E-state index contributed by atoms with van der Waals surface area (Å²) in [5, 5.41) is 24.3. The molecule has 1 rings (SSSR count). The van der Waals surface area contributed by atoms with Gasteiger partial charge < -0.3 is 10.2 Å². The standard InChI is InChI=1S/C8H15N6O2S/c1-13(2)4-5-14-7(10-11-12-14)17-6-3-9-8(15)16/h9H,3-6H2,1-2H3. The fourth-order valence-electron chi connectivity index (χ4n) is 1.03. The van der Waals surface area contributed by atoms with Crippen molar-refractivity contribution in [2.24, 2.45) is 0 Å². The number of hydrogen-bond donors (Lipinski definition) is 1. The zero-order chi connectivity index (χ0) is 12.7. The third kappa shape index (κ3) is 5.50. The molecule has 1 aromatic rings. The molecule has 1 radical (unpaired) electrons. The summed E-state index contributed by atoms with van der Waals surface area (Å²) in [5.74, 6) is 0.566. The van der Waals surface area contributed by atoms with Crippen LogP contribution in [-0.4, -0.2) is 64.1 Å². The highest BCUT2D eigenvalue weighted by molar-refractivity contribution is 7.99. The molecule has 0 aliphatic heterocycles. The van der Waals surface area contributed by atoms with E-state index in [1.165, 1.54) is 11.8 Å². The number of nitrogens with one attached hydrogen (secondary N) is 1. The maximum atomic E-state index is 10.1. The first-order chi connectivity index (χ1) is 8.09. The Morgan fingerprint density at radius 2 is 2.29 bits per heavy atom. The molecule has 9 heteroatoms. The first-order valence-electron chi connectivity index (χ1n) is 5.08. The summed E-state index contributed by atoms with van der Waals surface area (Å²) in [5.41, 5.74) is 0. The summed E-state index contributed by atoms with van der Waals surface area (Å²) < 4.78 is 1.70. The largest absolute Gasteiger partial charge is 0.450 e. The smallest absolute Gasteiger partial charge is 0.318 e. The van der Waals surface area contributed by atoms with Crippen LogP contribution in [-0.2, 0) is 11.7 Å². The number of hydrogen-bond acceptors (Lipinski definition) is 6. The van der Waals surface area contributed by atoms with Crippen molar-refractivity contribution in [2.75, 3.05) is 32.9 Å². The third-order valence-corrected chi connectivity index (χ3v) is 2.82. The number of carbonyl (C=O) groups excluding carboxylic acids is 1. The van der Waals surface area contributed by atoms with Gasteiger partial charge in [-0.15, -0.1) is 5.10 Å². The Hall–Kier alpha value is -1.35. The lowest BCUT2D eigenvalue weighted by Gasteiger charge is -2.09. The van der Waals surface area contributed by atoms with Gasteiger partial charge in [-0.3, -0.25) is 0 Å². The molecule has 0 bridgehead atoms. The Morgan fingerprint density at radius 3 is 2.94 bits per heavy atom. The van der Waals surface area contributed by atoms with E-state index in [9.17, 15) is 9.90 Å². The predicted octanol–water partition coefficient (Wildman–Crippen LogP) is -0.533. The van der Waals surface area contributed by atoms with Gasteiger partial charge in [0.2, 0.25) is 5.16 Å². The highest BCUT2D eigenvalue weighted by atomic mass is 32.2. The van der Waals surface area contributed by atoms with Gasteiger partial charge >= 0.3 is 6.09 Å². The molecule has 1 heterocycles. The number of likely N-dealkylation sites (N-methyl/N-ethyl adjacent to an activating group) is 1. The number of nitrogens with zero attached hydrogens (tertiary/aromatic N) is 5. The summed E-state index contributed by atoms with van der Waals surface area (Å²) in [6.07, 6.45) is -1.27. The maximum Gasteiger partial charge on any atom is 0.450 e. The fourth-order valence-corrected chi connectivity index (χ4v) is 1.79. The molecule has 8 nitrogen and oxygen atoms in total. The van der Waals surface area contributed by atoms with Crippen molar-refractivity contribution < 1.29 is 9.90 Å². The molecule has 0 atom stereocenters. The van der Waals surface area contributed by atoms with E-state index in [1.54, 1.807) is 4.68 Å². The highest BCUT2D eigenvalue weighted by Crippen LogP contribution is 2.12. The van der Waals surface area contributed by atoms with Crippen LogP contribution >= 0.6 is 11.8 Å². The van der Waals surface area contributed by atoms with Crippen LogP contribution < -0.4 is 5.32 Å². The van der Waals surface area contributed by atoms with Crippen molar-refractivity contribution in [1.82, 2.24) is 30.4 Å². The Kier molecular flexibility index (Phi) is 5.70.